The van der Waals surface area contributed by atoms with Gasteiger partial charge in [-0.25, -0.2) is 9.59 Å². The molecule has 2 aliphatic heterocycles. The number of methoxy groups -OCH3 is 1. The van der Waals surface area contributed by atoms with Crippen molar-refractivity contribution in [3.63, 3.8) is 0 Å². The summed E-state index contributed by atoms with van der Waals surface area (Å²) in [6.07, 6.45) is 3.22. The lowest BCUT2D eigenvalue weighted by Crippen LogP contribution is -2.44. The molecule has 7 heteroatoms. The van der Waals surface area contributed by atoms with E-state index in [2.05, 4.69) is 16.9 Å². The summed E-state index contributed by atoms with van der Waals surface area (Å²) in [5, 5.41) is 0. The number of carbonyl (C=O) groups excluding carboxylic acids is 1. The fourth-order valence-corrected chi connectivity index (χ4v) is 4.04. The van der Waals surface area contributed by atoms with E-state index in [1.165, 1.54) is 0 Å². The molecule has 2 aliphatic rings. The first-order valence-electron chi connectivity index (χ1n) is 8.28. The number of benzene rings is 1. The van der Waals surface area contributed by atoms with E-state index in [1.807, 2.05) is 0 Å². The summed E-state index contributed by atoms with van der Waals surface area (Å²) in [6, 6.07) is 6.06. The molecule has 2 saturated heterocycles. The van der Waals surface area contributed by atoms with Gasteiger partial charge in [0, 0.05) is 31.0 Å². The van der Waals surface area contributed by atoms with Gasteiger partial charge in [0.05, 0.1) is 18.1 Å². The molecule has 0 saturated carbocycles. The molecular weight excluding hydrogens is 310 g/mol. The second-order valence-corrected chi connectivity index (χ2v) is 6.68. The molecule has 1 unspecified atom stereocenters. The Morgan fingerprint density at radius 1 is 1.25 bits per heavy atom. The lowest BCUT2D eigenvalue weighted by atomic mass is 10.0. The van der Waals surface area contributed by atoms with E-state index in [4.69, 9.17) is 9.47 Å². The molecule has 0 radical (unpaired) electrons. The number of aromatic amines is 1. The van der Waals surface area contributed by atoms with E-state index in [0.717, 1.165) is 30.3 Å². The number of aromatic nitrogens is 2. The van der Waals surface area contributed by atoms with Gasteiger partial charge in [-0.1, -0.05) is 0 Å². The summed E-state index contributed by atoms with van der Waals surface area (Å²) in [5.74, 6) is 0.584. The van der Waals surface area contributed by atoms with E-state index < -0.39 is 11.8 Å². The number of piperidine rings is 1. The zero-order valence-corrected chi connectivity index (χ0v) is 13.8. The maximum Gasteiger partial charge on any atom is 0.423 e. The zero-order chi connectivity index (χ0) is 16.8. The molecule has 0 spiro atoms. The van der Waals surface area contributed by atoms with Crippen LogP contribution in [0.15, 0.2) is 23.0 Å². The number of ether oxygens (including phenoxy) is 2. The minimum absolute atomic E-state index is 0.131. The number of hydrogen-bond donors (Lipinski definition) is 1. The van der Waals surface area contributed by atoms with Crippen LogP contribution in [0.2, 0.25) is 0 Å². The number of fused-ring (bicyclic) bond motifs is 3. The molecule has 24 heavy (non-hydrogen) atoms. The van der Waals surface area contributed by atoms with Crippen LogP contribution in [0.25, 0.3) is 11.0 Å². The predicted molar refractivity (Wildman–Crippen MR) is 88.6 cm³/mol. The van der Waals surface area contributed by atoms with Crippen LogP contribution in [0.3, 0.4) is 0 Å². The molecule has 2 bridgehead atoms. The zero-order valence-electron chi connectivity index (χ0n) is 13.8. The molecule has 4 rings (SSSR count). The van der Waals surface area contributed by atoms with Crippen molar-refractivity contribution >= 4 is 17.1 Å². The van der Waals surface area contributed by atoms with Gasteiger partial charge in [0.15, 0.2) is 0 Å². The van der Waals surface area contributed by atoms with Gasteiger partial charge in [-0.15, -0.1) is 0 Å². The molecular formula is C17H21N3O4. The average molecular weight is 331 g/mol. The van der Waals surface area contributed by atoms with Crippen LogP contribution in [0, 0.1) is 0 Å². The van der Waals surface area contributed by atoms with Crippen molar-refractivity contribution in [2.45, 2.75) is 43.9 Å². The van der Waals surface area contributed by atoms with E-state index in [9.17, 15) is 9.59 Å². The molecule has 7 nitrogen and oxygen atoms in total. The summed E-state index contributed by atoms with van der Waals surface area (Å²) in [7, 11) is 3.68. The maximum absolute atomic E-state index is 12.6. The van der Waals surface area contributed by atoms with Crippen LogP contribution in [-0.2, 0) is 4.74 Å². The molecule has 1 N–H and O–H groups in total. The number of rotatable bonds is 2. The van der Waals surface area contributed by atoms with E-state index in [1.54, 1.807) is 25.3 Å². The van der Waals surface area contributed by atoms with Crippen molar-refractivity contribution in [3.8, 4) is 5.75 Å². The molecule has 0 aliphatic carbocycles. The highest BCUT2D eigenvalue weighted by atomic mass is 16.6. The van der Waals surface area contributed by atoms with Gasteiger partial charge in [-0.2, -0.15) is 4.57 Å². The molecule has 0 amide bonds. The third-order valence-electron chi connectivity index (χ3n) is 5.40. The van der Waals surface area contributed by atoms with Gasteiger partial charge in [-0.05, 0) is 32.0 Å². The third-order valence-corrected chi connectivity index (χ3v) is 5.40. The van der Waals surface area contributed by atoms with Crippen LogP contribution >= 0.6 is 0 Å². The Kier molecular flexibility index (Phi) is 3.60. The molecule has 2 aromatic rings. The standard InChI is InChI=1S/C17H21N3O4/c1-19-10-3-4-11(19)8-13(7-10)24-17(22)20-15-9-12(23-2)5-6-14(15)18-16(20)21/h5-6,9-11,13H,3-4,7-8H2,1-2H3,(H,18,21)/t10-,11+,13?. The Bertz CT molecular complexity index is 826. The topological polar surface area (TPSA) is 76.6 Å². The summed E-state index contributed by atoms with van der Waals surface area (Å²) in [5.41, 5.74) is 0.570. The van der Waals surface area contributed by atoms with Crippen molar-refractivity contribution in [1.82, 2.24) is 14.5 Å². The van der Waals surface area contributed by atoms with Crippen LogP contribution in [-0.4, -0.2) is 52.9 Å². The maximum atomic E-state index is 12.6. The molecule has 1 aromatic carbocycles. The Labute approximate surface area is 139 Å². The second kappa shape index (κ2) is 5.66. The largest absolute Gasteiger partial charge is 0.497 e. The Hall–Kier alpha value is -2.28. The van der Waals surface area contributed by atoms with Gasteiger partial charge in [0.1, 0.15) is 11.9 Å². The number of H-pyrrole nitrogens is 1. The summed E-state index contributed by atoms with van der Waals surface area (Å²) in [6.45, 7) is 0. The Morgan fingerprint density at radius 2 is 1.96 bits per heavy atom. The monoisotopic (exact) mass is 331 g/mol. The van der Waals surface area contributed by atoms with E-state index in [0.29, 0.717) is 28.9 Å². The van der Waals surface area contributed by atoms with Crippen LogP contribution in [0.4, 0.5) is 4.79 Å². The number of carbonyl (C=O) groups is 1. The number of nitrogens with zero attached hydrogens (tertiary/aromatic N) is 2. The van der Waals surface area contributed by atoms with Crippen molar-refractivity contribution < 1.29 is 14.3 Å². The van der Waals surface area contributed by atoms with Crippen molar-refractivity contribution in [1.29, 1.82) is 0 Å². The SMILES string of the molecule is COc1ccc2[nH]c(=O)n(C(=O)OC3C[C@H]4CC[C@@H](C3)N4C)c2c1. The van der Waals surface area contributed by atoms with E-state index in [-0.39, 0.29) is 6.10 Å². The van der Waals surface area contributed by atoms with Crippen molar-refractivity contribution in [3.05, 3.63) is 28.7 Å². The lowest BCUT2D eigenvalue weighted by Gasteiger charge is -2.35. The van der Waals surface area contributed by atoms with E-state index >= 15 is 0 Å². The van der Waals surface area contributed by atoms with Gasteiger partial charge >= 0.3 is 11.8 Å². The van der Waals surface area contributed by atoms with Gasteiger partial charge < -0.3 is 19.4 Å². The molecule has 2 fully saturated rings. The number of hydrogen-bond acceptors (Lipinski definition) is 5. The highest BCUT2D eigenvalue weighted by Gasteiger charge is 2.40. The summed E-state index contributed by atoms with van der Waals surface area (Å²) < 4.78 is 11.9. The van der Waals surface area contributed by atoms with Crippen LogP contribution in [0.5, 0.6) is 5.75 Å². The average Bonchev–Trinajstić information content (AvgIpc) is 2.97. The Morgan fingerprint density at radius 3 is 2.62 bits per heavy atom. The molecule has 128 valence electrons. The normalized spacial score (nSPS) is 26.7. The smallest absolute Gasteiger partial charge is 0.423 e. The number of nitrogens with one attached hydrogen (secondary N) is 1. The summed E-state index contributed by atoms with van der Waals surface area (Å²) >= 11 is 0. The van der Waals surface area contributed by atoms with Gasteiger partial charge in [0.2, 0.25) is 0 Å². The summed E-state index contributed by atoms with van der Waals surface area (Å²) in [4.78, 5) is 29.8. The predicted octanol–water partition coefficient (Wildman–Crippen LogP) is 1.95. The van der Waals surface area contributed by atoms with Crippen LogP contribution in [0.1, 0.15) is 25.7 Å². The fraction of sp³-hybridized carbons (Fsp3) is 0.529. The highest BCUT2D eigenvalue weighted by Crippen LogP contribution is 2.35. The highest BCUT2D eigenvalue weighted by molar-refractivity contribution is 5.87. The lowest BCUT2D eigenvalue weighted by molar-refractivity contribution is 0.0290. The minimum Gasteiger partial charge on any atom is -0.497 e. The molecule has 3 heterocycles. The number of imidazole rings is 1. The first-order chi connectivity index (χ1) is 11.6. The van der Waals surface area contributed by atoms with Gasteiger partial charge in [-0.3, -0.25) is 0 Å². The quantitative estimate of drug-likeness (QED) is 0.910. The second-order valence-electron chi connectivity index (χ2n) is 6.68. The fourth-order valence-electron chi connectivity index (χ4n) is 4.04. The minimum atomic E-state index is -0.617. The van der Waals surface area contributed by atoms with Crippen molar-refractivity contribution in [2.24, 2.45) is 0 Å². The first kappa shape index (κ1) is 15.3. The molecule has 3 atom stereocenters. The van der Waals surface area contributed by atoms with Crippen molar-refractivity contribution in [2.75, 3.05) is 14.2 Å². The Balaban J connectivity index is 1.60. The first-order valence-corrected chi connectivity index (χ1v) is 8.28. The van der Waals surface area contributed by atoms with Crippen LogP contribution < -0.4 is 10.4 Å². The molecule has 1 aromatic heterocycles. The van der Waals surface area contributed by atoms with Gasteiger partial charge in [0.25, 0.3) is 0 Å². The third kappa shape index (κ3) is 2.39.